The van der Waals surface area contributed by atoms with Gasteiger partial charge in [0.15, 0.2) is 18.9 Å². The fourth-order valence-electron chi connectivity index (χ4n) is 3.89. The average Bonchev–Trinajstić information content (AvgIpc) is 2.79. The molecule has 15 heteroatoms. The summed E-state index contributed by atoms with van der Waals surface area (Å²) in [4.78, 5) is 0. The molecule has 0 saturated carbocycles. The zero-order valence-corrected chi connectivity index (χ0v) is 17.6. The van der Waals surface area contributed by atoms with E-state index in [0.29, 0.717) is 0 Å². The first kappa shape index (κ1) is 27.0. The molecule has 0 bridgehead atoms. The quantitative estimate of drug-likeness (QED) is 0.167. The van der Waals surface area contributed by atoms with Gasteiger partial charge >= 0.3 is 0 Å². The number of hydrogen-bond donors (Lipinski definition) is 10. The van der Waals surface area contributed by atoms with Gasteiger partial charge in [-0.1, -0.05) is 0 Å². The second-order valence-electron chi connectivity index (χ2n) is 8.36. The van der Waals surface area contributed by atoms with E-state index in [1.807, 2.05) is 0 Å². The second kappa shape index (κ2) is 11.0. The Balaban J connectivity index is 1.65. The first-order chi connectivity index (χ1) is 15.5. The normalized spacial score (nSPS) is 53.7. The molecule has 0 aliphatic carbocycles. The van der Waals surface area contributed by atoms with E-state index in [0.717, 1.165) is 0 Å². The summed E-state index contributed by atoms with van der Waals surface area (Å²) in [6.45, 7) is 0.142. The van der Waals surface area contributed by atoms with Crippen LogP contribution in [0.2, 0.25) is 0 Å². The molecule has 3 heterocycles. The van der Waals surface area contributed by atoms with Crippen LogP contribution in [0.15, 0.2) is 0 Å². The molecular formula is C18H32O15. The molecule has 194 valence electrons. The number of aliphatic hydroxyl groups is 10. The Kier molecular flexibility index (Phi) is 8.99. The van der Waals surface area contributed by atoms with Crippen molar-refractivity contribution in [3.8, 4) is 0 Å². The van der Waals surface area contributed by atoms with Crippen LogP contribution in [0.5, 0.6) is 0 Å². The van der Waals surface area contributed by atoms with Crippen molar-refractivity contribution in [2.45, 2.75) is 99.0 Å². The van der Waals surface area contributed by atoms with Gasteiger partial charge in [-0.15, -0.1) is 0 Å². The molecule has 1 unspecified atom stereocenters. The zero-order chi connectivity index (χ0) is 24.6. The third-order valence-corrected chi connectivity index (χ3v) is 6.03. The van der Waals surface area contributed by atoms with E-state index >= 15 is 0 Å². The summed E-state index contributed by atoms with van der Waals surface area (Å²) in [5.41, 5.74) is 0. The van der Waals surface area contributed by atoms with Crippen LogP contribution in [0.3, 0.4) is 0 Å². The maximum Gasteiger partial charge on any atom is 0.187 e. The predicted octanol–water partition coefficient (Wildman–Crippen LogP) is -6.55. The van der Waals surface area contributed by atoms with E-state index in [2.05, 4.69) is 0 Å². The van der Waals surface area contributed by atoms with Crippen molar-refractivity contribution in [3.05, 3.63) is 0 Å². The summed E-state index contributed by atoms with van der Waals surface area (Å²) >= 11 is 0. The third kappa shape index (κ3) is 5.48. The minimum atomic E-state index is -1.82. The van der Waals surface area contributed by atoms with E-state index in [-0.39, 0.29) is 0 Å². The van der Waals surface area contributed by atoms with Gasteiger partial charge in [0.1, 0.15) is 67.1 Å². The van der Waals surface area contributed by atoms with Gasteiger partial charge in [-0.3, -0.25) is 0 Å². The Hall–Kier alpha value is -0.600. The van der Waals surface area contributed by atoms with Crippen molar-refractivity contribution < 1.29 is 74.7 Å². The van der Waals surface area contributed by atoms with Crippen LogP contribution >= 0.6 is 0 Å². The van der Waals surface area contributed by atoms with Crippen LogP contribution in [0.4, 0.5) is 0 Å². The van der Waals surface area contributed by atoms with Crippen LogP contribution in [0, 0.1) is 0 Å². The Morgan fingerprint density at radius 1 is 0.606 bits per heavy atom. The SMILES string of the molecule is C[C@H]1O[C@@H](O)[C@H](O)[C@@H](O[C@@H]2O[C@H](COC3O[C@H](CO)[C@@H](O)[C@H](O)[C@H]3O)[C@@H](O)[C@H](O)[C@H]2O)[C@H]1O. The molecule has 0 radical (unpaired) electrons. The fraction of sp³-hybridized carbons (Fsp3) is 1.00. The van der Waals surface area contributed by atoms with Gasteiger partial charge < -0.3 is 74.7 Å². The molecule has 3 saturated heterocycles. The highest BCUT2D eigenvalue weighted by atomic mass is 16.7. The molecule has 3 rings (SSSR count). The Morgan fingerprint density at radius 3 is 1.76 bits per heavy atom. The van der Waals surface area contributed by atoms with Gasteiger partial charge in [0.25, 0.3) is 0 Å². The topological polar surface area (TPSA) is 248 Å². The maximum absolute atomic E-state index is 10.2. The Morgan fingerprint density at radius 2 is 1.15 bits per heavy atom. The highest BCUT2D eigenvalue weighted by Crippen LogP contribution is 2.29. The first-order valence-electron chi connectivity index (χ1n) is 10.4. The van der Waals surface area contributed by atoms with Crippen LogP contribution in [-0.4, -0.2) is 156 Å². The van der Waals surface area contributed by atoms with Gasteiger partial charge in [0.05, 0.1) is 19.3 Å². The Labute approximate surface area is 187 Å². The minimum absolute atomic E-state index is 0.578. The summed E-state index contributed by atoms with van der Waals surface area (Å²) in [5.74, 6) is 0. The standard InChI is InChI=1S/C18H32O15/c1-4-7(20)15(14(27)16(28)30-4)33-18-13(26)11(24)9(22)6(32-18)3-29-17-12(25)10(23)8(21)5(2-19)31-17/h4-28H,2-3H2,1H3/t4-,5-,6-,7+,8-,9-,10+,11+,12-,13-,14-,15+,16-,17?,18+/m1/s1. The minimum Gasteiger partial charge on any atom is -0.394 e. The maximum atomic E-state index is 10.2. The number of hydrogen-bond acceptors (Lipinski definition) is 15. The lowest BCUT2D eigenvalue weighted by Crippen LogP contribution is -2.64. The van der Waals surface area contributed by atoms with E-state index in [9.17, 15) is 51.1 Å². The highest BCUT2D eigenvalue weighted by Gasteiger charge is 2.50. The summed E-state index contributed by atoms with van der Waals surface area (Å²) in [6.07, 6.45) is -23.5. The number of aliphatic hydroxyl groups excluding tert-OH is 10. The van der Waals surface area contributed by atoms with Gasteiger partial charge in [-0.05, 0) is 6.92 Å². The van der Waals surface area contributed by atoms with Crippen molar-refractivity contribution >= 4 is 0 Å². The van der Waals surface area contributed by atoms with Gasteiger partial charge in [0.2, 0.25) is 0 Å². The van der Waals surface area contributed by atoms with Crippen molar-refractivity contribution in [2.24, 2.45) is 0 Å². The lowest BCUT2D eigenvalue weighted by Gasteiger charge is -2.45. The monoisotopic (exact) mass is 488 g/mol. The predicted molar refractivity (Wildman–Crippen MR) is 99.8 cm³/mol. The van der Waals surface area contributed by atoms with Gasteiger partial charge in [-0.25, -0.2) is 0 Å². The van der Waals surface area contributed by atoms with Crippen LogP contribution in [0.25, 0.3) is 0 Å². The Bertz CT molecular complexity index is 610. The lowest BCUT2D eigenvalue weighted by molar-refractivity contribution is -0.360. The third-order valence-electron chi connectivity index (χ3n) is 6.03. The molecule has 0 aromatic carbocycles. The van der Waals surface area contributed by atoms with Crippen molar-refractivity contribution in [3.63, 3.8) is 0 Å². The largest absolute Gasteiger partial charge is 0.394 e. The van der Waals surface area contributed by atoms with Crippen molar-refractivity contribution in [1.82, 2.24) is 0 Å². The molecule has 33 heavy (non-hydrogen) atoms. The molecule has 3 aliphatic rings. The lowest BCUT2D eigenvalue weighted by atomic mass is 9.97. The molecule has 0 aromatic rings. The molecule has 15 nitrogen and oxygen atoms in total. The van der Waals surface area contributed by atoms with Gasteiger partial charge in [0, 0.05) is 0 Å². The molecule has 0 spiro atoms. The molecule has 0 amide bonds. The molecular weight excluding hydrogens is 456 g/mol. The number of rotatable bonds is 6. The van der Waals surface area contributed by atoms with E-state index < -0.39 is 105 Å². The second-order valence-corrected chi connectivity index (χ2v) is 8.36. The van der Waals surface area contributed by atoms with E-state index in [1.54, 1.807) is 0 Å². The van der Waals surface area contributed by atoms with Crippen molar-refractivity contribution in [1.29, 1.82) is 0 Å². The fourth-order valence-corrected chi connectivity index (χ4v) is 3.89. The van der Waals surface area contributed by atoms with Crippen LogP contribution in [0.1, 0.15) is 6.92 Å². The average molecular weight is 488 g/mol. The van der Waals surface area contributed by atoms with Crippen LogP contribution in [-0.2, 0) is 23.7 Å². The zero-order valence-electron chi connectivity index (χ0n) is 17.6. The smallest absolute Gasteiger partial charge is 0.187 e. The molecule has 3 fully saturated rings. The number of ether oxygens (including phenoxy) is 5. The van der Waals surface area contributed by atoms with Crippen LogP contribution < -0.4 is 0 Å². The van der Waals surface area contributed by atoms with Crippen molar-refractivity contribution in [2.75, 3.05) is 13.2 Å². The highest BCUT2D eigenvalue weighted by molar-refractivity contribution is 4.94. The summed E-state index contributed by atoms with van der Waals surface area (Å²) in [5, 5.41) is 99.6. The summed E-state index contributed by atoms with van der Waals surface area (Å²) in [7, 11) is 0. The molecule has 0 aromatic heterocycles. The first-order valence-corrected chi connectivity index (χ1v) is 10.4. The molecule has 15 atom stereocenters. The summed E-state index contributed by atoms with van der Waals surface area (Å²) in [6, 6.07) is 0. The summed E-state index contributed by atoms with van der Waals surface area (Å²) < 4.78 is 26.3. The van der Waals surface area contributed by atoms with E-state index in [1.165, 1.54) is 6.92 Å². The molecule has 10 N–H and O–H groups in total. The van der Waals surface area contributed by atoms with Gasteiger partial charge in [-0.2, -0.15) is 0 Å². The van der Waals surface area contributed by atoms with E-state index in [4.69, 9.17) is 23.7 Å². The molecule has 3 aliphatic heterocycles.